The lowest BCUT2D eigenvalue weighted by Crippen LogP contribution is -2.45. The molecule has 0 aliphatic carbocycles. The topological polar surface area (TPSA) is 102 Å². The lowest BCUT2D eigenvalue weighted by atomic mass is 9.81. The number of hydrogen-bond donors (Lipinski definition) is 1. The fourth-order valence-electron chi connectivity index (χ4n) is 4.76. The molecule has 1 N–H and O–H groups in total. The lowest BCUT2D eigenvalue weighted by Gasteiger charge is -2.38. The van der Waals surface area contributed by atoms with E-state index < -0.39 is 44.3 Å². The minimum atomic E-state index is -4.73. The minimum absolute atomic E-state index is 0.0351. The van der Waals surface area contributed by atoms with Gasteiger partial charge in [0.2, 0.25) is 0 Å². The van der Waals surface area contributed by atoms with E-state index in [1.165, 1.54) is 24.3 Å². The summed E-state index contributed by atoms with van der Waals surface area (Å²) in [6, 6.07) is 15.8. The number of halogens is 3. The molecule has 4 rings (SSSR count). The smallest absolute Gasteiger partial charge is 0.409 e. The Balaban J connectivity index is 1.50. The predicted octanol–water partition coefficient (Wildman–Crippen LogP) is 6.16. The summed E-state index contributed by atoms with van der Waals surface area (Å²) >= 11 is 6.05. The number of ether oxygens (including phenoxy) is 2. The maximum Gasteiger partial charge on any atom is 0.409 e. The Hall–Kier alpha value is -3.70. The number of amides is 2. The van der Waals surface area contributed by atoms with Crippen LogP contribution >= 0.6 is 11.6 Å². The van der Waals surface area contributed by atoms with Crippen molar-refractivity contribution < 1.29 is 36.3 Å². The Bertz CT molecular complexity index is 1510. The van der Waals surface area contributed by atoms with E-state index in [0.717, 1.165) is 18.4 Å². The SMILES string of the molecule is CCCCOC(=O)N1CC[C@@H](c2ccc(Cl)cc2)[C@H](COc2cc(F)c(S(=O)(=O)NC(=O)c3ccccc3)cc2F)C1. The largest absolute Gasteiger partial charge is 0.490 e. The molecule has 0 radical (unpaired) electrons. The highest BCUT2D eigenvalue weighted by atomic mass is 35.5. The van der Waals surface area contributed by atoms with Crippen molar-refractivity contribution in [3.8, 4) is 5.75 Å². The highest BCUT2D eigenvalue weighted by Gasteiger charge is 2.34. The quantitative estimate of drug-likeness (QED) is 0.273. The summed E-state index contributed by atoms with van der Waals surface area (Å²) in [4.78, 5) is 25.5. The Morgan fingerprint density at radius 2 is 1.76 bits per heavy atom. The lowest BCUT2D eigenvalue weighted by molar-refractivity contribution is 0.0671. The number of unbranched alkanes of at least 4 members (excludes halogenated alkanes) is 1. The molecule has 1 saturated heterocycles. The van der Waals surface area contributed by atoms with Crippen molar-refractivity contribution in [3.05, 3.63) is 94.5 Å². The van der Waals surface area contributed by atoms with Crippen molar-refractivity contribution in [2.24, 2.45) is 5.92 Å². The van der Waals surface area contributed by atoms with Gasteiger partial charge in [-0.3, -0.25) is 4.79 Å². The second-order valence-corrected chi connectivity index (χ2v) is 12.0. The van der Waals surface area contributed by atoms with Crippen LogP contribution in [0.25, 0.3) is 0 Å². The Morgan fingerprint density at radius 1 is 1.05 bits per heavy atom. The molecular weight excluding hydrogens is 590 g/mol. The van der Waals surface area contributed by atoms with Crippen LogP contribution in [0.1, 0.15) is 48.0 Å². The molecule has 1 fully saturated rings. The van der Waals surface area contributed by atoms with Crippen LogP contribution in [-0.2, 0) is 14.8 Å². The number of benzene rings is 3. The Labute approximate surface area is 248 Å². The first-order valence-corrected chi connectivity index (χ1v) is 15.4. The normalized spacial score (nSPS) is 17.0. The van der Waals surface area contributed by atoms with Crippen molar-refractivity contribution >= 4 is 33.6 Å². The zero-order valence-corrected chi connectivity index (χ0v) is 24.5. The maximum atomic E-state index is 15.0. The molecule has 0 saturated carbocycles. The van der Waals surface area contributed by atoms with Crippen molar-refractivity contribution in [1.29, 1.82) is 0 Å². The molecule has 42 heavy (non-hydrogen) atoms. The molecule has 3 aromatic carbocycles. The first-order chi connectivity index (χ1) is 20.1. The highest BCUT2D eigenvalue weighted by molar-refractivity contribution is 7.90. The number of hydrogen-bond acceptors (Lipinski definition) is 6. The summed E-state index contributed by atoms with van der Waals surface area (Å²) in [5, 5.41) is 0.566. The molecule has 0 aromatic heterocycles. The molecule has 8 nitrogen and oxygen atoms in total. The van der Waals surface area contributed by atoms with Gasteiger partial charge in [-0.15, -0.1) is 0 Å². The Morgan fingerprint density at radius 3 is 2.45 bits per heavy atom. The van der Waals surface area contributed by atoms with E-state index in [9.17, 15) is 22.4 Å². The summed E-state index contributed by atoms with van der Waals surface area (Å²) in [5.74, 6) is -4.31. The van der Waals surface area contributed by atoms with E-state index in [4.69, 9.17) is 21.1 Å². The average molecular weight is 621 g/mol. The van der Waals surface area contributed by atoms with Crippen LogP contribution in [0.2, 0.25) is 5.02 Å². The third kappa shape index (κ3) is 7.77. The molecule has 0 unspecified atom stereocenters. The van der Waals surface area contributed by atoms with E-state index in [-0.39, 0.29) is 30.6 Å². The van der Waals surface area contributed by atoms with Gasteiger partial charge in [0.15, 0.2) is 11.6 Å². The molecule has 0 bridgehead atoms. The van der Waals surface area contributed by atoms with E-state index in [1.807, 2.05) is 19.1 Å². The summed E-state index contributed by atoms with van der Waals surface area (Å²) < 4.78 is 68.2. The maximum absolute atomic E-state index is 15.0. The first kappa shape index (κ1) is 31.2. The third-order valence-electron chi connectivity index (χ3n) is 7.01. The fraction of sp³-hybridized carbons (Fsp3) is 0.333. The molecule has 12 heteroatoms. The van der Waals surface area contributed by atoms with Crippen LogP contribution in [0, 0.1) is 17.6 Å². The second-order valence-electron chi connectivity index (χ2n) is 9.95. The highest BCUT2D eigenvalue weighted by Crippen LogP contribution is 2.35. The molecule has 1 aliphatic rings. The molecule has 2 atom stereocenters. The molecule has 3 aromatic rings. The average Bonchev–Trinajstić information content (AvgIpc) is 2.98. The van der Waals surface area contributed by atoms with Gasteiger partial charge >= 0.3 is 6.09 Å². The monoisotopic (exact) mass is 620 g/mol. The third-order valence-corrected chi connectivity index (χ3v) is 8.60. The van der Waals surface area contributed by atoms with E-state index in [2.05, 4.69) is 0 Å². The molecule has 0 spiro atoms. The number of carbonyl (C=O) groups is 2. The molecule has 2 amide bonds. The van der Waals surface area contributed by atoms with E-state index in [1.54, 1.807) is 27.8 Å². The number of rotatable bonds is 10. The van der Waals surface area contributed by atoms with Crippen LogP contribution in [0.15, 0.2) is 71.6 Å². The number of likely N-dealkylation sites (tertiary alicyclic amines) is 1. The zero-order chi connectivity index (χ0) is 30.3. The van der Waals surface area contributed by atoms with Crippen LogP contribution < -0.4 is 9.46 Å². The number of sulfonamides is 1. The summed E-state index contributed by atoms with van der Waals surface area (Å²) in [7, 11) is -4.73. The van der Waals surface area contributed by atoms with Crippen LogP contribution in [0.5, 0.6) is 5.75 Å². The van der Waals surface area contributed by atoms with Crippen molar-refractivity contribution in [3.63, 3.8) is 0 Å². The summed E-state index contributed by atoms with van der Waals surface area (Å²) in [6.07, 6.45) is 1.75. The zero-order valence-electron chi connectivity index (χ0n) is 22.9. The van der Waals surface area contributed by atoms with Gasteiger partial charge in [-0.1, -0.05) is 55.3 Å². The molecule has 1 aliphatic heterocycles. The molecule has 224 valence electrons. The fourth-order valence-corrected chi connectivity index (χ4v) is 5.93. The number of piperidine rings is 1. The summed E-state index contributed by atoms with van der Waals surface area (Å²) in [6.45, 7) is 2.89. The van der Waals surface area contributed by atoms with Gasteiger partial charge in [-0.05, 0) is 48.6 Å². The second kappa shape index (κ2) is 14.0. The number of carbonyl (C=O) groups excluding carboxylic acids is 2. The first-order valence-electron chi connectivity index (χ1n) is 13.5. The van der Waals surface area contributed by atoms with Gasteiger partial charge in [-0.2, -0.15) is 0 Å². The summed E-state index contributed by atoms with van der Waals surface area (Å²) in [5.41, 5.74) is 0.988. The Kier molecular flexibility index (Phi) is 10.4. The van der Waals surface area contributed by atoms with Gasteiger partial charge in [0.05, 0.1) is 13.2 Å². The number of nitrogens with one attached hydrogen (secondary N) is 1. The molecular formula is C30H31ClF2N2O6S. The van der Waals surface area contributed by atoms with E-state index >= 15 is 4.39 Å². The van der Waals surface area contributed by atoms with Crippen LogP contribution in [0.3, 0.4) is 0 Å². The van der Waals surface area contributed by atoms with Crippen molar-refractivity contribution in [2.75, 3.05) is 26.3 Å². The van der Waals surface area contributed by atoms with Gasteiger partial charge in [0, 0.05) is 41.7 Å². The van der Waals surface area contributed by atoms with Crippen LogP contribution in [-0.4, -0.2) is 51.6 Å². The van der Waals surface area contributed by atoms with Gasteiger partial charge in [0.25, 0.3) is 15.9 Å². The van der Waals surface area contributed by atoms with Gasteiger partial charge in [-0.25, -0.2) is 26.7 Å². The standard InChI is InChI=1S/C30H31ClF2N2O6S/c1-2-3-15-40-30(37)35-14-13-24(20-9-11-23(31)12-10-20)22(18-35)19-41-27-16-26(33)28(17-25(27)32)42(38,39)34-29(36)21-7-5-4-6-8-21/h4-12,16-17,22,24H,2-3,13-15,18-19H2,1H3,(H,34,36)/t22-,24-/m0/s1. The van der Waals surface area contributed by atoms with Crippen molar-refractivity contribution in [2.45, 2.75) is 37.0 Å². The molecule has 1 heterocycles. The van der Waals surface area contributed by atoms with Crippen molar-refractivity contribution in [1.82, 2.24) is 9.62 Å². The number of nitrogens with zero attached hydrogens (tertiary/aromatic N) is 1. The predicted molar refractivity (Wildman–Crippen MR) is 153 cm³/mol. The van der Waals surface area contributed by atoms with Gasteiger partial charge < -0.3 is 14.4 Å². The van der Waals surface area contributed by atoms with E-state index in [0.29, 0.717) is 36.7 Å². The van der Waals surface area contributed by atoms with Crippen LogP contribution in [0.4, 0.5) is 13.6 Å². The minimum Gasteiger partial charge on any atom is -0.490 e. The van der Waals surface area contributed by atoms with Gasteiger partial charge in [0.1, 0.15) is 10.7 Å².